The first-order chi connectivity index (χ1) is 8.94. The smallest absolute Gasteiger partial charge is 0.406 e. The Hall–Kier alpha value is -2.02. The molecule has 0 aliphatic heterocycles. The van der Waals surface area contributed by atoms with Crippen LogP contribution < -0.4 is 10.1 Å². The van der Waals surface area contributed by atoms with Crippen molar-refractivity contribution < 1.29 is 22.7 Å². The van der Waals surface area contributed by atoms with Gasteiger partial charge in [0.05, 0.1) is 4.88 Å². The Balaban J connectivity index is 2.09. The molecule has 0 aliphatic rings. The van der Waals surface area contributed by atoms with Crippen molar-refractivity contribution in [1.29, 1.82) is 0 Å². The highest BCUT2D eigenvalue weighted by molar-refractivity contribution is 7.12. The van der Waals surface area contributed by atoms with Gasteiger partial charge in [0, 0.05) is 11.8 Å². The maximum atomic E-state index is 12.1. The molecular weight excluding hydrogens is 279 g/mol. The molecule has 1 aromatic carbocycles. The van der Waals surface area contributed by atoms with E-state index in [1.54, 1.807) is 17.5 Å². The van der Waals surface area contributed by atoms with E-state index in [1.165, 1.54) is 23.5 Å². The number of hydrogen-bond acceptors (Lipinski definition) is 3. The Morgan fingerprint density at radius 1 is 1.21 bits per heavy atom. The quantitative estimate of drug-likeness (QED) is 0.929. The van der Waals surface area contributed by atoms with Crippen LogP contribution >= 0.6 is 11.3 Å². The van der Waals surface area contributed by atoms with Gasteiger partial charge in [0.1, 0.15) is 5.75 Å². The minimum absolute atomic E-state index is 0.236. The molecule has 3 nitrogen and oxygen atoms in total. The molecule has 100 valence electrons. The highest BCUT2D eigenvalue weighted by Gasteiger charge is 2.31. The minimum Gasteiger partial charge on any atom is -0.406 e. The van der Waals surface area contributed by atoms with Crippen LogP contribution in [-0.2, 0) is 0 Å². The fourth-order valence-electron chi connectivity index (χ4n) is 1.37. The Morgan fingerprint density at radius 3 is 2.63 bits per heavy atom. The lowest BCUT2D eigenvalue weighted by Crippen LogP contribution is -2.17. The highest BCUT2D eigenvalue weighted by atomic mass is 32.1. The molecule has 0 unspecified atom stereocenters. The van der Waals surface area contributed by atoms with Crippen molar-refractivity contribution >= 4 is 22.9 Å². The van der Waals surface area contributed by atoms with Gasteiger partial charge < -0.3 is 10.1 Å². The van der Waals surface area contributed by atoms with E-state index in [0.29, 0.717) is 4.88 Å². The Bertz CT molecular complexity index is 567. The zero-order valence-corrected chi connectivity index (χ0v) is 10.2. The second kappa shape index (κ2) is 5.31. The van der Waals surface area contributed by atoms with Gasteiger partial charge in [-0.2, -0.15) is 0 Å². The van der Waals surface area contributed by atoms with Crippen molar-refractivity contribution in [1.82, 2.24) is 0 Å². The molecule has 2 rings (SSSR count). The fourth-order valence-corrected chi connectivity index (χ4v) is 1.99. The monoisotopic (exact) mass is 287 g/mol. The van der Waals surface area contributed by atoms with Gasteiger partial charge in [0.2, 0.25) is 0 Å². The molecule has 0 atom stereocenters. The first-order valence-corrected chi connectivity index (χ1v) is 6.03. The molecular formula is C12H8F3NO2S. The molecule has 0 bridgehead atoms. The molecule has 19 heavy (non-hydrogen) atoms. The normalized spacial score (nSPS) is 11.1. The van der Waals surface area contributed by atoms with Gasteiger partial charge in [-0.25, -0.2) is 0 Å². The third-order valence-electron chi connectivity index (χ3n) is 2.07. The van der Waals surface area contributed by atoms with Crippen LogP contribution in [0, 0.1) is 0 Å². The summed E-state index contributed by atoms with van der Waals surface area (Å²) >= 11 is 1.24. The first-order valence-electron chi connectivity index (χ1n) is 5.15. The Labute approximate surface area is 110 Å². The van der Waals surface area contributed by atoms with E-state index in [4.69, 9.17) is 0 Å². The van der Waals surface area contributed by atoms with Crippen LogP contribution in [0.3, 0.4) is 0 Å². The predicted octanol–water partition coefficient (Wildman–Crippen LogP) is 3.90. The van der Waals surface area contributed by atoms with E-state index in [9.17, 15) is 18.0 Å². The van der Waals surface area contributed by atoms with Crippen LogP contribution in [0.2, 0.25) is 0 Å². The van der Waals surface area contributed by atoms with E-state index in [0.717, 1.165) is 12.1 Å². The number of nitrogens with one attached hydrogen (secondary N) is 1. The number of benzene rings is 1. The number of hydrogen-bond donors (Lipinski definition) is 1. The average molecular weight is 287 g/mol. The van der Waals surface area contributed by atoms with E-state index in [-0.39, 0.29) is 17.3 Å². The topological polar surface area (TPSA) is 38.3 Å². The molecule has 0 radical (unpaired) electrons. The number of carbonyl (C=O) groups excluding carboxylic acids is 1. The summed E-state index contributed by atoms with van der Waals surface area (Å²) in [6.07, 6.45) is -4.75. The lowest BCUT2D eigenvalue weighted by atomic mass is 10.3. The van der Waals surface area contributed by atoms with Crippen molar-refractivity contribution in [2.75, 3.05) is 5.32 Å². The maximum absolute atomic E-state index is 12.1. The number of alkyl halides is 3. The van der Waals surface area contributed by atoms with E-state index in [1.807, 2.05) is 0 Å². The number of ether oxygens (including phenoxy) is 1. The van der Waals surface area contributed by atoms with Crippen LogP contribution in [0.25, 0.3) is 0 Å². The average Bonchev–Trinajstić information content (AvgIpc) is 2.80. The summed E-state index contributed by atoms with van der Waals surface area (Å²) in [4.78, 5) is 12.2. The fraction of sp³-hybridized carbons (Fsp3) is 0.0833. The Morgan fingerprint density at radius 2 is 2.00 bits per heavy atom. The van der Waals surface area contributed by atoms with Crippen molar-refractivity contribution in [3.05, 3.63) is 46.7 Å². The summed E-state index contributed by atoms with van der Waals surface area (Å²) in [5.41, 5.74) is 0.236. The first kappa shape index (κ1) is 13.4. The van der Waals surface area contributed by atoms with Gasteiger partial charge in [-0.1, -0.05) is 12.1 Å². The zero-order chi connectivity index (χ0) is 13.9. The summed E-state index contributed by atoms with van der Waals surface area (Å²) in [7, 11) is 0. The second-order valence-electron chi connectivity index (χ2n) is 3.51. The summed E-state index contributed by atoms with van der Waals surface area (Å²) < 4.78 is 39.9. The van der Waals surface area contributed by atoms with Crippen molar-refractivity contribution in [2.24, 2.45) is 0 Å². The molecule has 1 aromatic heterocycles. The lowest BCUT2D eigenvalue weighted by molar-refractivity contribution is -0.274. The SMILES string of the molecule is O=C(Nc1cccc(OC(F)(F)F)c1)c1cccs1. The van der Waals surface area contributed by atoms with Crippen LogP contribution in [-0.4, -0.2) is 12.3 Å². The van der Waals surface area contributed by atoms with Crippen LogP contribution in [0.5, 0.6) is 5.75 Å². The summed E-state index contributed by atoms with van der Waals surface area (Å²) in [5, 5.41) is 4.23. The van der Waals surface area contributed by atoms with Gasteiger partial charge in [0.15, 0.2) is 0 Å². The Kier molecular flexibility index (Phi) is 3.75. The zero-order valence-electron chi connectivity index (χ0n) is 9.40. The maximum Gasteiger partial charge on any atom is 0.573 e. The van der Waals surface area contributed by atoms with Gasteiger partial charge in [0.25, 0.3) is 5.91 Å². The number of carbonyl (C=O) groups is 1. The van der Waals surface area contributed by atoms with Crippen molar-refractivity contribution in [3.63, 3.8) is 0 Å². The van der Waals surface area contributed by atoms with Gasteiger partial charge in [-0.15, -0.1) is 24.5 Å². The molecule has 1 N–H and O–H groups in total. The standard InChI is InChI=1S/C12H8F3NO2S/c13-12(14,15)18-9-4-1-3-8(7-9)16-11(17)10-5-2-6-19-10/h1-7H,(H,16,17). The molecule has 0 spiro atoms. The van der Waals surface area contributed by atoms with Crippen molar-refractivity contribution in [2.45, 2.75) is 6.36 Å². The van der Waals surface area contributed by atoms with Gasteiger partial charge >= 0.3 is 6.36 Å². The van der Waals surface area contributed by atoms with Gasteiger partial charge in [-0.3, -0.25) is 4.79 Å². The van der Waals surface area contributed by atoms with E-state index in [2.05, 4.69) is 10.1 Å². The molecule has 0 fully saturated rings. The van der Waals surface area contributed by atoms with Crippen molar-refractivity contribution in [3.8, 4) is 5.75 Å². The van der Waals surface area contributed by atoms with E-state index < -0.39 is 6.36 Å². The number of rotatable bonds is 3. The van der Waals surface area contributed by atoms with Gasteiger partial charge in [-0.05, 0) is 23.6 Å². The molecule has 1 heterocycles. The predicted molar refractivity (Wildman–Crippen MR) is 65.4 cm³/mol. The summed E-state index contributed by atoms with van der Waals surface area (Å²) in [6, 6.07) is 8.45. The third kappa shape index (κ3) is 3.99. The molecule has 0 aliphatic carbocycles. The third-order valence-corrected chi connectivity index (χ3v) is 2.94. The van der Waals surface area contributed by atoms with Crippen LogP contribution in [0.4, 0.5) is 18.9 Å². The van der Waals surface area contributed by atoms with Crippen LogP contribution in [0.1, 0.15) is 9.67 Å². The number of halogens is 3. The van der Waals surface area contributed by atoms with E-state index >= 15 is 0 Å². The van der Waals surface area contributed by atoms with Crippen LogP contribution in [0.15, 0.2) is 41.8 Å². The molecule has 7 heteroatoms. The largest absolute Gasteiger partial charge is 0.573 e. The summed E-state index contributed by atoms with van der Waals surface area (Å²) in [6.45, 7) is 0. The minimum atomic E-state index is -4.75. The highest BCUT2D eigenvalue weighted by Crippen LogP contribution is 2.25. The lowest BCUT2D eigenvalue weighted by Gasteiger charge is -2.10. The number of amides is 1. The second-order valence-corrected chi connectivity index (χ2v) is 4.45. The molecule has 0 saturated heterocycles. The molecule has 1 amide bonds. The molecule has 2 aromatic rings. The number of thiophene rings is 1. The molecule has 0 saturated carbocycles. The summed E-state index contributed by atoms with van der Waals surface area (Å²) in [5.74, 6) is -0.754. The number of anilines is 1.